The molecule has 3 nitrogen and oxygen atoms in total. The molecule has 2 aromatic rings. The Morgan fingerprint density at radius 1 is 1.11 bits per heavy atom. The van der Waals surface area contributed by atoms with Gasteiger partial charge in [0.15, 0.2) is 11.5 Å². The number of rotatable bonds is 3. The van der Waals surface area contributed by atoms with Gasteiger partial charge in [-0.1, -0.05) is 30.3 Å². The molecule has 144 valence electrons. The average Bonchev–Trinajstić information content (AvgIpc) is 3.32. The molecule has 2 unspecified atom stereocenters. The van der Waals surface area contributed by atoms with Gasteiger partial charge >= 0.3 is 0 Å². The van der Waals surface area contributed by atoms with Gasteiger partial charge in [-0.25, -0.2) is 4.39 Å². The molecule has 2 aliphatic heterocycles. The third-order valence-corrected chi connectivity index (χ3v) is 6.17. The fraction of sp³-hybridized carbons (Fsp3) is 0.455. The van der Waals surface area contributed by atoms with Crippen LogP contribution in [-0.4, -0.2) is 31.3 Å². The zero-order chi connectivity index (χ0) is 17.5. The fourth-order valence-electron chi connectivity index (χ4n) is 4.94. The van der Waals surface area contributed by atoms with E-state index in [0.29, 0.717) is 11.7 Å². The minimum absolute atomic E-state index is 0. The molecule has 0 amide bonds. The fourth-order valence-corrected chi connectivity index (χ4v) is 4.94. The highest BCUT2D eigenvalue weighted by atomic mass is 35.5. The summed E-state index contributed by atoms with van der Waals surface area (Å²) in [5.74, 6) is 2.10. The molecular formula is C22H25ClFNO2. The Morgan fingerprint density at radius 2 is 1.96 bits per heavy atom. The Morgan fingerprint density at radius 3 is 2.81 bits per heavy atom. The molecule has 2 atom stereocenters. The molecule has 0 radical (unpaired) electrons. The molecule has 2 heterocycles. The molecule has 1 saturated heterocycles. The van der Waals surface area contributed by atoms with Crippen LogP contribution in [-0.2, 0) is 6.42 Å². The van der Waals surface area contributed by atoms with Gasteiger partial charge in [-0.15, -0.1) is 12.4 Å². The lowest BCUT2D eigenvalue weighted by Gasteiger charge is -2.30. The van der Waals surface area contributed by atoms with Gasteiger partial charge in [0, 0.05) is 24.7 Å². The Kier molecular flexibility index (Phi) is 5.29. The number of nitrogens with zero attached hydrogens (tertiary/aromatic N) is 1. The summed E-state index contributed by atoms with van der Waals surface area (Å²) >= 11 is 0. The molecule has 0 aromatic heterocycles. The van der Waals surface area contributed by atoms with Crippen LogP contribution in [0.15, 0.2) is 36.4 Å². The number of benzene rings is 2. The van der Waals surface area contributed by atoms with Crippen LogP contribution in [0.2, 0.25) is 0 Å². The molecule has 3 aliphatic rings. The van der Waals surface area contributed by atoms with Gasteiger partial charge in [-0.05, 0) is 55.2 Å². The van der Waals surface area contributed by atoms with Crippen LogP contribution in [0.25, 0.3) is 0 Å². The molecule has 27 heavy (non-hydrogen) atoms. The molecule has 2 aromatic carbocycles. The van der Waals surface area contributed by atoms with E-state index in [1.165, 1.54) is 18.1 Å². The highest BCUT2D eigenvalue weighted by molar-refractivity contribution is 5.85. The van der Waals surface area contributed by atoms with Gasteiger partial charge in [0.2, 0.25) is 6.79 Å². The van der Waals surface area contributed by atoms with Gasteiger partial charge in [-0.2, -0.15) is 0 Å². The van der Waals surface area contributed by atoms with Crippen molar-refractivity contribution < 1.29 is 13.9 Å². The standard InChI is InChI=1S/C22H24FNO2.ClH/c23-19-11-20-22(26-14-25-20)18-8-4-7-17(21(18)19)13-24-10-9-16(12-24)15-5-2-1-3-6-15;/h1-3,5-6,11,16-17H,4,7-10,12-14H2;1H. The van der Waals surface area contributed by atoms with Crippen molar-refractivity contribution in [3.8, 4) is 11.5 Å². The lowest BCUT2D eigenvalue weighted by molar-refractivity contribution is 0.173. The minimum atomic E-state index is -0.118. The van der Waals surface area contributed by atoms with Crippen molar-refractivity contribution >= 4 is 12.4 Å². The monoisotopic (exact) mass is 389 g/mol. The van der Waals surface area contributed by atoms with Gasteiger partial charge in [-0.3, -0.25) is 0 Å². The number of hydrogen-bond acceptors (Lipinski definition) is 3. The van der Waals surface area contributed by atoms with E-state index in [1.807, 2.05) is 0 Å². The van der Waals surface area contributed by atoms with E-state index >= 15 is 0 Å². The Labute approximate surface area is 165 Å². The van der Waals surface area contributed by atoms with E-state index in [1.54, 1.807) is 0 Å². The van der Waals surface area contributed by atoms with Gasteiger partial charge in [0.1, 0.15) is 5.82 Å². The van der Waals surface area contributed by atoms with Crippen molar-refractivity contribution in [2.75, 3.05) is 26.4 Å². The van der Waals surface area contributed by atoms with Crippen LogP contribution in [0.1, 0.15) is 47.8 Å². The third kappa shape index (κ3) is 3.41. The van der Waals surface area contributed by atoms with Crippen molar-refractivity contribution in [3.05, 3.63) is 58.9 Å². The van der Waals surface area contributed by atoms with E-state index < -0.39 is 0 Å². The summed E-state index contributed by atoms with van der Waals surface area (Å²) in [4.78, 5) is 2.52. The maximum atomic E-state index is 14.8. The van der Waals surface area contributed by atoms with Crippen molar-refractivity contribution in [2.45, 2.75) is 37.5 Å². The van der Waals surface area contributed by atoms with Crippen molar-refractivity contribution in [3.63, 3.8) is 0 Å². The van der Waals surface area contributed by atoms with Crippen LogP contribution < -0.4 is 9.47 Å². The van der Waals surface area contributed by atoms with Crippen molar-refractivity contribution in [1.29, 1.82) is 0 Å². The highest BCUT2D eigenvalue weighted by Gasteiger charge is 2.33. The molecule has 1 aliphatic carbocycles. The van der Waals surface area contributed by atoms with Crippen LogP contribution in [0.3, 0.4) is 0 Å². The second kappa shape index (κ2) is 7.69. The number of likely N-dealkylation sites (tertiary alicyclic amines) is 1. The zero-order valence-corrected chi connectivity index (χ0v) is 16.1. The average molecular weight is 390 g/mol. The minimum Gasteiger partial charge on any atom is -0.453 e. The molecule has 0 saturated carbocycles. The first-order valence-corrected chi connectivity index (χ1v) is 9.68. The SMILES string of the molecule is Cl.Fc1cc2c(c3c1C(CN1CCC(c4ccccc4)C1)CCC3)OCO2. The first kappa shape index (κ1) is 18.6. The number of fused-ring (bicyclic) bond motifs is 3. The summed E-state index contributed by atoms with van der Waals surface area (Å²) in [5.41, 5.74) is 3.35. The van der Waals surface area contributed by atoms with Crippen LogP contribution >= 0.6 is 12.4 Å². The lowest BCUT2D eigenvalue weighted by Crippen LogP contribution is -2.29. The van der Waals surface area contributed by atoms with E-state index in [-0.39, 0.29) is 30.9 Å². The van der Waals surface area contributed by atoms with Crippen molar-refractivity contribution in [2.24, 2.45) is 0 Å². The largest absolute Gasteiger partial charge is 0.453 e. The highest BCUT2D eigenvalue weighted by Crippen LogP contribution is 2.46. The van der Waals surface area contributed by atoms with Crippen LogP contribution in [0.4, 0.5) is 4.39 Å². The second-order valence-electron chi connectivity index (χ2n) is 7.73. The Hall–Kier alpha value is -1.78. The number of halogens is 2. The van der Waals surface area contributed by atoms with E-state index in [9.17, 15) is 4.39 Å². The maximum absolute atomic E-state index is 14.8. The molecule has 5 heteroatoms. The zero-order valence-electron chi connectivity index (χ0n) is 15.3. The number of ether oxygens (including phenoxy) is 2. The summed E-state index contributed by atoms with van der Waals surface area (Å²) < 4.78 is 25.9. The van der Waals surface area contributed by atoms with Crippen molar-refractivity contribution in [1.82, 2.24) is 4.90 Å². The maximum Gasteiger partial charge on any atom is 0.231 e. The quantitative estimate of drug-likeness (QED) is 0.746. The first-order chi connectivity index (χ1) is 12.8. The van der Waals surface area contributed by atoms with E-state index in [0.717, 1.165) is 55.8 Å². The summed E-state index contributed by atoms with van der Waals surface area (Å²) in [6, 6.07) is 12.3. The normalized spacial score (nSPS) is 23.7. The molecule has 0 N–H and O–H groups in total. The predicted molar refractivity (Wildman–Crippen MR) is 106 cm³/mol. The Bertz CT molecular complexity index is 814. The molecule has 0 bridgehead atoms. The summed E-state index contributed by atoms with van der Waals surface area (Å²) in [6.45, 7) is 3.31. The molecule has 0 spiro atoms. The number of hydrogen-bond donors (Lipinski definition) is 0. The van der Waals surface area contributed by atoms with Gasteiger partial charge in [0.05, 0.1) is 0 Å². The third-order valence-electron chi connectivity index (χ3n) is 6.17. The second-order valence-corrected chi connectivity index (χ2v) is 7.73. The molecular weight excluding hydrogens is 365 g/mol. The smallest absolute Gasteiger partial charge is 0.231 e. The topological polar surface area (TPSA) is 21.7 Å². The Balaban J connectivity index is 0.00000180. The van der Waals surface area contributed by atoms with Gasteiger partial charge < -0.3 is 14.4 Å². The van der Waals surface area contributed by atoms with Crippen LogP contribution in [0, 0.1) is 5.82 Å². The summed E-state index contributed by atoms with van der Waals surface area (Å²) in [7, 11) is 0. The lowest BCUT2D eigenvalue weighted by atomic mass is 9.81. The van der Waals surface area contributed by atoms with E-state index in [2.05, 4.69) is 35.2 Å². The predicted octanol–water partition coefficient (Wildman–Crippen LogP) is 4.89. The molecule has 1 fully saturated rings. The first-order valence-electron chi connectivity index (χ1n) is 9.68. The van der Waals surface area contributed by atoms with Gasteiger partial charge in [0.25, 0.3) is 0 Å². The molecule has 5 rings (SSSR count). The summed E-state index contributed by atoms with van der Waals surface area (Å²) in [5, 5.41) is 0. The summed E-state index contributed by atoms with van der Waals surface area (Å²) in [6.07, 6.45) is 4.22. The van der Waals surface area contributed by atoms with E-state index in [4.69, 9.17) is 9.47 Å². The van der Waals surface area contributed by atoms with Crippen LogP contribution in [0.5, 0.6) is 11.5 Å².